The van der Waals surface area contributed by atoms with Gasteiger partial charge in [0.25, 0.3) is 0 Å². The smallest absolute Gasteiger partial charge is 0.244 e. The molecule has 2 heterocycles. The molecule has 0 aliphatic heterocycles. The molecule has 1 aromatic carbocycles. The van der Waals surface area contributed by atoms with Crippen molar-refractivity contribution in [2.24, 2.45) is 0 Å². The molecular weight excluding hydrogens is 383 g/mol. The Morgan fingerprint density at radius 1 is 1.29 bits per heavy atom. The number of pyridine rings is 1. The molecule has 6 nitrogen and oxygen atoms in total. The van der Waals surface area contributed by atoms with Gasteiger partial charge >= 0.3 is 0 Å². The second kappa shape index (κ2) is 8.67. The van der Waals surface area contributed by atoms with Gasteiger partial charge in [-0.05, 0) is 42.8 Å². The number of rotatable bonds is 6. The molecule has 3 rings (SSSR count). The fourth-order valence-electron chi connectivity index (χ4n) is 2.50. The number of amides is 1. The van der Waals surface area contributed by atoms with Gasteiger partial charge in [-0.15, -0.1) is 0 Å². The zero-order valence-corrected chi connectivity index (χ0v) is 16.1. The average Bonchev–Trinajstić information content (AvgIpc) is 2.99. The summed E-state index contributed by atoms with van der Waals surface area (Å²) in [6, 6.07) is 9.38. The van der Waals surface area contributed by atoms with Crippen LogP contribution in [-0.2, 0) is 11.3 Å². The van der Waals surface area contributed by atoms with Gasteiger partial charge in [0, 0.05) is 30.4 Å². The van der Waals surface area contributed by atoms with Crippen LogP contribution in [0, 0.1) is 12.7 Å². The minimum absolute atomic E-state index is 0.277. The number of nitrogens with one attached hydrogen (secondary N) is 1. The lowest BCUT2D eigenvalue weighted by Gasteiger charge is -2.04. The maximum absolute atomic E-state index is 13.1. The normalized spacial score (nSPS) is 11.0. The minimum Gasteiger partial charge on any atom is -0.481 e. The Bertz CT molecular complexity index is 998. The first kappa shape index (κ1) is 19.6. The van der Waals surface area contributed by atoms with Crippen LogP contribution >= 0.6 is 11.6 Å². The molecule has 0 aliphatic carbocycles. The van der Waals surface area contributed by atoms with Gasteiger partial charge < -0.3 is 10.1 Å². The van der Waals surface area contributed by atoms with Crippen LogP contribution in [0.15, 0.2) is 48.7 Å². The third-order valence-corrected chi connectivity index (χ3v) is 4.36. The lowest BCUT2D eigenvalue weighted by Crippen LogP contribution is -2.20. The minimum atomic E-state index is -0.340. The van der Waals surface area contributed by atoms with Crippen LogP contribution in [0.5, 0.6) is 5.88 Å². The van der Waals surface area contributed by atoms with Crippen molar-refractivity contribution < 1.29 is 13.9 Å². The van der Waals surface area contributed by atoms with Crippen molar-refractivity contribution in [3.05, 3.63) is 76.5 Å². The summed E-state index contributed by atoms with van der Waals surface area (Å²) in [6.07, 6.45) is 4.63. The summed E-state index contributed by atoms with van der Waals surface area (Å²) in [4.78, 5) is 16.2. The van der Waals surface area contributed by atoms with E-state index in [1.165, 1.54) is 22.9 Å². The van der Waals surface area contributed by atoms with Crippen LogP contribution in [0.1, 0.15) is 16.8 Å². The first-order chi connectivity index (χ1) is 13.5. The molecule has 1 amide bonds. The number of nitrogens with zero attached hydrogens (tertiary/aromatic N) is 3. The Morgan fingerprint density at radius 2 is 2.04 bits per heavy atom. The van der Waals surface area contributed by atoms with E-state index in [0.29, 0.717) is 34.5 Å². The number of benzene rings is 1. The van der Waals surface area contributed by atoms with E-state index in [1.54, 1.807) is 44.5 Å². The molecular formula is C20H18ClFN4O2. The first-order valence-corrected chi connectivity index (χ1v) is 8.81. The van der Waals surface area contributed by atoms with E-state index in [9.17, 15) is 9.18 Å². The van der Waals surface area contributed by atoms with Gasteiger partial charge in [0.05, 0.1) is 18.5 Å². The molecule has 8 heteroatoms. The van der Waals surface area contributed by atoms with Crippen molar-refractivity contribution in [2.75, 3.05) is 7.11 Å². The van der Waals surface area contributed by atoms with Crippen molar-refractivity contribution >= 4 is 23.6 Å². The zero-order chi connectivity index (χ0) is 20.1. The van der Waals surface area contributed by atoms with Crippen LogP contribution in [0.25, 0.3) is 11.8 Å². The summed E-state index contributed by atoms with van der Waals surface area (Å²) in [5.74, 6) is -0.105. The SMILES string of the molecule is COc1ccc(CNC(=O)/C=C/c2c(C)nn(-c3ccc(F)cc3)c2Cl)cn1. The highest BCUT2D eigenvalue weighted by Gasteiger charge is 2.13. The third kappa shape index (κ3) is 4.55. The zero-order valence-electron chi connectivity index (χ0n) is 15.3. The summed E-state index contributed by atoms with van der Waals surface area (Å²) in [5, 5.41) is 7.47. The van der Waals surface area contributed by atoms with E-state index >= 15 is 0 Å². The Kier molecular flexibility index (Phi) is 6.06. The number of halogens is 2. The van der Waals surface area contributed by atoms with E-state index in [2.05, 4.69) is 15.4 Å². The summed E-state index contributed by atoms with van der Waals surface area (Å²) < 4.78 is 19.6. The van der Waals surface area contributed by atoms with Gasteiger partial charge in [0.15, 0.2) is 0 Å². The molecule has 0 spiro atoms. The summed E-state index contributed by atoms with van der Waals surface area (Å²) in [7, 11) is 1.54. The Morgan fingerprint density at radius 3 is 2.68 bits per heavy atom. The summed E-state index contributed by atoms with van der Waals surface area (Å²) in [6.45, 7) is 2.12. The monoisotopic (exact) mass is 400 g/mol. The second-order valence-corrected chi connectivity index (χ2v) is 6.30. The summed E-state index contributed by atoms with van der Waals surface area (Å²) >= 11 is 6.39. The molecule has 0 unspecified atom stereocenters. The first-order valence-electron chi connectivity index (χ1n) is 8.44. The number of methoxy groups -OCH3 is 1. The average molecular weight is 401 g/mol. The maximum atomic E-state index is 13.1. The molecule has 0 fully saturated rings. The van der Waals surface area contributed by atoms with Gasteiger partial charge in [0.2, 0.25) is 11.8 Å². The molecule has 0 bridgehead atoms. The number of aromatic nitrogens is 3. The van der Waals surface area contributed by atoms with Crippen molar-refractivity contribution in [3.8, 4) is 11.6 Å². The number of hydrogen-bond acceptors (Lipinski definition) is 4. The summed E-state index contributed by atoms with van der Waals surface area (Å²) in [5.41, 5.74) is 2.75. The number of hydrogen-bond donors (Lipinski definition) is 1. The molecule has 2 aromatic heterocycles. The molecule has 0 atom stereocenters. The highest BCUT2D eigenvalue weighted by molar-refractivity contribution is 6.31. The van der Waals surface area contributed by atoms with Gasteiger partial charge in [-0.2, -0.15) is 5.10 Å². The van der Waals surface area contributed by atoms with E-state index in [1.807, 2.05) is 6.07 Å². The lowest BCUT2D eigenvalue weighted by molar-refractivity contribution is -0.116. The fraction of sp³-hybridized carbons (Fsp3) is 0.150. The Labute approximate surface area is 166 Å². The van der Waals surface area contributed by atoms with Crippen LogP contribution in [0.2, 0.25) is 5.15 Å². The molecule has 28 heavy (non-hydrogen) atoms. The van der Waals surface area contributed by atoms with E-state index in [-0.39, 0.29) is 11.7 Å². The van der Waals surface area contributed by atoms with Crippen LogP contribution in [0.4, 0.5) is 4.39 Å². The van der Waals surface area contributed by atoms with E-state index in [0.717, 1.165) is 5.56 Å². The number of carbonyl (C=O) groups is 1. The number of carbonyl (C=O) groups excluding carboxylic acids is 1. The molecule has 144 valence electrons. The molecule has 0 saturated heterocycles. The maximum Gasteiger partial charge on any atom is 0.244 e. The van der Waals surface area contributed by atoms with Gasteiger partial charge in [-0.1, -0.05) is 17.7 Å². The van der Waals surface area contributed by atoms with E-state index in [4.69, 9.17) is 16.3 Å². The van der Waals surface area contributed by atoms with Crippen molar-refractivity contribution in [1.29, 1.82) is 0 Å². The molecule has 3 aromatic rings. The van der Waals surface area contributed by atoms with Gasteiger partial charge in [-0.25, -0.2) is 14.1 Å². The van der Waals surface area contributed by atoms with Crippen molar-refractivity contribution in [1.82, 2.24) is 20.1 Å². The predicted octanol–water partition coefficient (Wildman–Crippen LogP) is 3.71. The highest BCUT2D eigenvalue weighted by Crippen LogP contribution is 2.24. The topological polar surface area (TPSA) is 69.0 Å². The third-order valence-electron chi connectivity index (χ3n) is 3.99. The highest BCUT2D eigenvalue weighted by atomic mass is 35.5. The quantitative estimate of drug-likeness (QED) is 0.640. The van der Waals surface area contributed by atoms with Gasteiger partial charge in [-0.3, -0.25) is 4.79 Å². The number of ether oxygens (including phenoxy) is 1. The fourth-order valence-corrected chi connectivity index (χ4v) is 2.83. The van der Waals surface area contributed by atoms with Crippen molar-refractivity contribution in [2.45, 2.75) is 13.5 Å². The van der Waals surface area contributed by atoms with E-state index < -0.39 is 0 Å². The molecule has 0 saturated carbocycles. The number of aryl methyl sites for hydroxylation is 1. The van der Waals surface area contributed by atoms with Crippen LogP contribution in [-0.4, -0.2) is 27.8 Å². The Balaban J connectivity index is 1.67. The second-order valence-electron chi connectivity index (χ2n) is 5.94. The molecule has 0 aliphatic rings. The molecule has 0 radical (unpaired) electrons. The van der Waals surface area contributed by atoms with Crippen LogP contribution < -0.4 is 10.1 Å². The standard InChI is InChI=1S/C20H18ClFN4O2/c1-13-17(20(21)26(25-13)16-6-4-15(22)5-7-16)8-9-18(27)23-11-14-3-10-19(28-2)24-12-14/h3-10,12H,11H2,1-2H3,(H,23,27)/b9-8+. The van der Waals surface area contributed by atoms with Crippen LogP contribution in [0.3, 0.4) is 0 Å². The Hall–Kier alpha value is -3.19. The lowest BCUT2D eigenvalue weighted by atomic mass is 10.2. The van der Waals surface area contributed by atoms with Gasteiger partial charge in [0.1, 0.15) is 11.0 Å². The molecule has 1 N–H and O–H groups in total. The largest absolute Gasteiger partial charge is 0.481 e. The predicted molar refractivity (Wildman–Crippen MR) is 105 cm³/mol. The van der Waals surface area contributed by atoms with Crippen molar-refractivity contribution in [3.63, 3.8) is 0 Å².